The van der Waals surface area contributed by atoms with Crippen molar-refractivity contribution in [2.45, 2.75) is 50.9 Å². The average molecular weight is 661 g/mol. The van der Waals surface area contributed by atoms with E-state index in [9.17, 15) is 14.4 Å². The number of piperidine rings is 2. The van der Waals surface area contributed by atoms with E-state index < -0.39 is 23.7 Å². The molecule has 5 aromatic rings. The average Bonchev–Trinajstić information content (AvgIpc) is 3.64. The van der Waals surface area contributed by atoms with Gasteiger partial charge < -0.3 is 15.4 Å². The zero-order valence-corrected chi connectivity index (χ0v) is 26.5. The molecule has 3 aliphatic heterocycles. The fourth-order valence-electron chi connectivity index (χ4n) is 7.13. The number of hydrogen-bond acceptors (Lipinski definition) is 9. The molecule has 0 bridgehead atoms. The molecule has 13 heteroatoms. The van der Waals surface area contributed by atoms with Gasteiger partial charge in [0.25, 0.3) is 5.91 Å². The molecule has 8 rings (SSSR count). The molecule has 2 saturated heterocycles. The number of halogens is 1. The molecule has 49 heavy (non-hydrogen) atoms. The molecule has 0 radical (unpaired) electrons. The highest BCUT2D eigenvalue weighted by Crippen LogP contribution is 2.36. The van der Waals surface area contributed by atoms with Crippen LogP contribution in [0.5, 0.6) is 11.5 Å². The van der Waals surface area contributed by atoms with E-state index in [0.717, 1.165) is 30.7 Å². The number of nitrogen functional groups attached to an aromatic ring is 1. The highest BCUT2D eigenvalue weighted by molar-refractivity contribution is 6.05. The van der Waals surface area contributed by atoms with E-state index in [4.69, 9.17) is 15.6 Å². The standard InChI is InChI=1S/C36H33FN8O4/c37-28-16-27-22(18-44(36(27)48)29-12-13-30(46)41-35(29)47)15-23(28)17-43-14-4-5-24(19-43)45-34-31(33(38)39-20-40-34)32(42-45)21-8-10-26(11-9-21)49-25-6-2-1-3-7-25/h1-3,6-11,15-16,20,24,29H,4-5,12-14,17-19H2,(H2,38,39,40)(H,41,46,47). The molecule has 3 N–H and O–H groups in total. The van der Waals surface area contributed by atoms with Gasteiger partial charge in [-0.2, -0.15) is 5.10 Å². The number of nitrogens with zero attached hydrogens (tertiary/aromatic N) is 6. The first-order chi connectivity index (χ1) is 23.8. The van der Waals surface area contributed by atoms with Crippen molar-refractivity contribution in [2.24, 2.45) is 0 Å². The quantitative estimate of drug-likeness (QED) is 0.239. The first-order valence-electron chi connectivity index (χ1n) is 16.3. The molecule has 2 aromatic heterocycles. The van der Waals surface area contributed by atoms with Crippen LogP contribution in [0.4, 0.5) is 10.2 Å². The topological polar surface area (TPSA) is 149 Å². The van der Waals surface area contributed by atoms with Crippen LogP contribution >= 0.6 is 0 Å². The summed E-state index contributed by atoms with van der Waals surface area (Å²) in [4.78, 5) is 49.7. The summed E-state index contributed by atoms with van der Waals surface area (Å²) in [5.41, 5.74) is 9.96. The van der Waals surface area contributed by atoms with Crippen molar-refractivity contribution in [3.05, 3.63) is 95.6 Å². The van der Waals surface area contributed by atoms with Crippen LogP contribution in [-0.4, -0.2) is 66.4 Å². The number of carbonyl (C=O) groups excluding carboxylic acids is 3. The first kappa shape index (κ1) is 30.6. The Balaban J connectivity index is 1.02. The predicted molar refractivity (Wildman–Crippen MR) is 178 cm³/mol. The maximum atomic E-state index is 15.5. The number of fused-ring (bicyclic) bond motifs is 2. The molecule has 248 valence electrons. The van der Waals surface area contributed by atoms with Crippen molar-refractivity contribution < 1.29 is 23.5 Å². The molecule has 3 aromatic carbocycles. The minimum absolute atomic E-state index is 0.0536. The molecular weight excluding hydrogens is 627 g/mol. The minimum Gasteiger partial charge on any atom is -0.457 e. The largest absolute Gasteiger partial charge is 0.457 e. The van der Waals surface area contributed by atoms with Gasteiger partial charge in [-0.3, -0.25) is 24.6 Å². The molecule has 0 spiro atoms. The summed E-state index contributed by atoms with van der Waals surface area (Å²) in [7, 11) is 0. The van der Waals surface area contributed by atoms with Crippen LogP contribution in [0.3, 0.4) is 0 Å². The Kier molecular flexibility index (Phi) is 7.75. The number of nitrogens with one attached hydrogen (secondary N) is 1. The molecule has 3 aliphatic rings. The number of imide groups is 1. The number of aromatic nitrogens is 4. The van der Waals surface area contributed by atoms with Crippen LogP contribution < -0.4 is 15.8 Å². The monoisotopic (exact) mass is 660 g/mol. The summed E-state index contributed by atoms with van der Waals surface area (Å²) >= 11 is 0. The molecule has 3 amide bonds. The number of likely N-dealkylation sites (tertiary alicyclic amines) is 1. The van der Waals surface area contributed by atoms with Crippen molar-refractivity contribution in [3.63, 3.8) is 0 Å². The number of nitrogens with two attached hydrogens (primary N) is 1. The highest BCUT2D eigenvalue weighted by atomic mass is 19.1. The summed E-state index contributed by atoms with van der Waals surface area (Å²) in [6.07, 6.45) is 3.57. The molecule has 2 atom stereocenters. The zero-order valence-electron chi connectivity index (χ0n) is 26.5. The van der Waals surface area contributed by atoms with Crippen LogP contribution in [0.15, 0.2) is 73.1 Å². The van der Waals surface area contributed by atoms with Gasteiger partial charge in [0.2, 0.25) is 11.8 Å². The van der Waals surface area contributed by atoms with Crippen LogP contribution in [0, 0.1) is 5.82 Å². The third-order valence-corrected chi connectivity index (χ3v) is 9.54. The second-order valence-corrected chi connectivity index (χ2v) is 12.7. The van der Waals surface area contributed by atoms with Gasteiger partial charge >= 0.3 is 0 Å². The molecular formula is C36H33FN8O4. The van der Waals surface area contributed by atoms with E-state index in [1.807, 2.05) is 59.3 Å². The number of benzene rings is 3. The zero-order chi connectivity index (χ0) is 33.6. The smallest absolute Gasteiger partial charge is 0.255 e. The second-order valence-electron chi connectivity index (χ2n) is 12.7. The first-order valence-corrected chi connectivity index (χ1v) is 16.3. The summed E-state index contributed by atoms with van der Waals surface area (Å²) in [6, 6.07) is 19.4. The molecule has 0 saturated carbocycles. The number of carbonyl (C=O) groups is 3. The van der Waals surface area contributed by atoms with E-state index in [1.54, 1.807) is 6.07 Å². The summed E-state index contributed by atoms with van der Waals surface area (Å²) < 4.78 is 23.4. The molecule has 2 unspecified atom stereocenters. The Morgan fingerprint density at radius 3 is 2.57 bits per heavy atom. The lowest BCUT2D eigenvalue weighted by Crippen LogP contribution is -2.52. The Morgan fingerprint density at radius 1 is 0.980 bits per heavy atom. The van der Waals surface area contributed by atoms with Gasteiger partial charge in [0.15, 0.2) is 5.65 Å². The van der Waals surface area contributed by atoms with Crippen LogP contribution in [0.2, 0.25) is 0 Å². The summed E-state index contributed by atoms with van der Waals surface area (Å²) in [6.45, 7) is 1.90. The molecule has 5 heterocycles. The summed E-state index contributed by atoms with van der Waals surface area (Å²) in [5, 5.41) is 8.01. The third-order valence-electron chi connectivity index (χ3n) is 9.54. The van der Waals surface area contributed by atoms with Gasteiger partial charge in [0, 0.05) is 42.7 Å². The van der Waals surface area contributed by atoms with E-state index in [1.165, 1.54) is 17.3 Å². The second kappa shape index (κ2) is 12.4. The SMILES string of the molecule is Nc1ncnc2c1c(-c1ccc(Oc3ccccc3)cc1)nn2C1CCCN(Cc2cc3c(cc2F)C(=O)N(C2CCC(=O)NC2=O)C3)C1. The molecule has 12 nitrogen and oxygen atoms in total. The number of para-hydroxylation sites is 1. The van der Waals surface area contributed by atoms with Crippen molar-refractivity contribution in [1.82, 2.24) is 34.9 Å². The van der Waals surface area contributed by atoms with E-state index >= 15 is 4.39 Å². The van der Waals surface area contributed by atoms with Gasteiger partial charge in [-0.15, -0.1) is 0 Å². The lowest BCUT2D eigenvalue weighted by atomic mass is 10.0. The maximum Gasteiger partial charge on any atom is 0.255 e. The Hall–Kier alpha value is -5.69. The van der Waals surface area contributed by atoms with Gasteiger partial charge in [-0.25, -0.2) is 19.0 Å². The van der Waals surface area contributed by atoms with Gasteiger partial charge in [0.05, 0.1) is 11.4 Å². The number of hydrogen-bond donors (Lipinski definition) is 2. The number of amides is 3. The number of ether oxygens (including phenoxy) is 1. The lowest BCUT2D eigenvalue weighted by Gasteiger charge is -2.33. The van der Waals surface area contributed by atoms with Crippen molar-refractivity contribution in [2.75, 3.05) is 18.8 Å². The summed E-state index contributed by atoms with van der Waals surface area (Å²) in [5.74, 6) is 0.0691. The van der Waals surface area contributed by atoms with E-state index in [0.29, 0.717) is 52.5 Å². The predicted octanol–water partition coefficient (Wildman–Crippen LogP) is 4.61. The van der Waals surface area contributed by atoms with Crippen LogP contribution in [0.1, 0.15) is 53.2 Å². The normalized spacial score (nSPS) is 19.7. The van der Waals surface area contributed by atoms with Gasteiger partial charge in [0.1, 0.15) is 41.2 Å². The van der Waals surface area contributed by atoms with Gasteiger partial charge in [-0.1, -0.05) is 18.2 Å². The van der Waals surface area contributed by atoms with E-state index in [2.05, 4.69) is 20.2 Å². The van der Waals surface area contributed by atoms with Crippen molar-refractivity contribution in [1.29, 1.82) is 0 Å². The Morgan fingerprint density at radius 2 is 1.78 bits per heavy atom. The fraction of sp³-hybridized carbons (Fsp3) is 0.278. The number of anilines is 1. The fourth-order valence-corrected chi connectivity index (χ4v) is 7.13. The van der Waals surface area contributed by atoms with Crippen molar-refractivity contribution in [3.8, 4) is 22.8 Å². The minimum atomic E-state index is -0.751. The lowest BCUT2D eigenvalue weighted by molar-refractivity contribution is -0.136. The van der Waals surface area contributed by atoms with Crippen LogP contribution in [0.25, 0.3) is 22.3 Å². The third kappa shape index (κ3) is 5.75. The van der Waals surface area contributed by atoms with Crippen molar-refractivity contribution >= 4 is 34.6 Å². The number of rotatable bonds is 7. The highest BCUT2D eigenvalue weighted by Gasteiger charge is 2.39. The molecule has 2 fully saturated rings. The van der Waals surface area contributed by atoms with Gasteiger partial charge in [-0.05, 0) is 79.9 Å². The Bertz CT molecular complexity index is 2100. The van der Waals surface area contributed by atoms with Crippen LogP contribution in [-0.2, 0) is 22.7 Å². The molecule has 0 aliphatic carbocycles. The Labute approximate surface area is 280 Å². The maximum absolute atomic E-state index is 15.5. The van der Waals surface area contributed by atoms with E-state index in [-0.39, 0.29) is 36.9 Å².